The molecule has 1 aromatic rings. The highest BCUT2D eigenvalue weighted by atomic mass is 16.5. The van der Waals surface area contributed by atoms with Crippen LogP contribution in [0.25, 0.3) is 0 Å². The Kier molecular flexibility index (Phi) is 4.45. The molecule has 0 radical (unpaired) electrons. The fourth-order valence-corrected chi connectivity index (χ4v) is 4.47. The molecule has 0 saturated carbocycles. The zero-order chi connectivity index (χ0) is 17.3. The number of amides is 2. The lowest BCUT2D eigenvalue weighted by atomic mass is 9.77. The van der Waals surface area contributed by atoms with E-state index in [0.29, 0.717) is 19.1 Å². The molecule has 1 atom stereocenters. The Morgan fingerprint density at radius 3 is 2.72 bits per heavy atom. The first-order valence-corrected chi connectivity index (χ1v) is 9.17. The van der Waals surface area contributed by atoms with Crippen molar-refractivity contribution in [3.8, 4) is 0 Å². The van der Waals surface area contributed by atoms with Crippen LogP contribution in [-0.4, -0.2) is 75.3 Å². The summed E-state index contributed by atoms with van der Waals surface area (Å²) < 4.78 is 7.11. The molecule has 2 amide bonds. The highest BCUT2D eigenvalue weighted by Gasteiger charge is 2.50. The highest BCUT2D eigenvalue weighted by Crippen LogP contribution is 2.41. The van der Waals surface area contributed by atoms with Gasteiger partial charge in [0.2, 0.25) is 11.8 Å². The Balaban J connectivity index is 1.42. The van der Waals surface area contributed by atoms with Gasteiger partial charge in [-0.15, -0.1) is 10.2 Å². The average Bonchev–Trinajstić information content (AvgIpc) is 3.29. The van der Waals surface area contributed by atoms with E-state index < -0.39 is 0 Å². The van der Waals surface area contributed by atoms with Crippen molar-refractivity contribution in [2.24, 2.45) is 5.41 Å². The molecule has 3 aliphatic heterocycles. The Hall–Kier alpha value is -1.96. The molecule has 3 fully saturated rings. The molecule has 1 aromatic heterocycles. The lowest BCUT2D eigenvalue weighted by molar-refractivity contribution is -0.151. The van der Waals surface area contributed by atoms with Crippen LogP contribution >= 0.6 is 0 Å². The van der Waals surface area contributed by atoms with Crippen LogP contribution in [0.15, 0.2) is 12.7 Å². The molecule has 4 rings (SSSR count). The van der Waals surface area contributed by atoms with E-state index in [-0.39, 0.29) is 23.8 Å². The molecule has 8 nitrogen and oxygen atoms in total. The smallest absolute Gasteiger partial charge is 0.242 e. The summed E-state index contributed by atoms with van der Waals surface area (Å²) in [4.78, 5) is 29.7. The van der Waals surface area contributed by atoms with Gasteiger partial charge in [0, 0.05) is 38.9 Å². The predicted molar refractivity (Wildman–Crippen MR) is 88.4 cm³/mol. The van der Waals surface area contributed by atoms with Gasteiger partial charge in [-0.1, -0.05) is 0 Å². The SMILES string of the molecule is O=C(Cn1cnnc1)N1CCC2(CCCN(C3CCOCC3)C2=O)C1. The van der Waals surface area contributed by atoms with Crippen molar-refractivity contribution in [1.29, 1.82) is 0 Å². The maximum Gasteiger partial charge on any atom is 0.242 e. The monoisotopic (exact) mass is 347 g/mol. The summed E-state index contributed by atoms with van der Waals surface area (Å²) in [6.45, 7) is 3.78. The largest absolute Gasteiger partial charge is 0.381 e. The summed E-state index contributed by atoms with van der Waals surface area (Å²) in [5.41, 5.74) is -0.376. The second-order valence-electron chi connectivity index (χ2n) is 7.43. The van der Waals surface area contributed by atoms with E-state index in [2.05, 4.69) is 15.1 Å². The van der Waals surface area contributed by atoms with E-state index in [9.17, 15) is 9.59 Å². The summed E-state index contributed by atoms with van der Waals surface area (Å²) in [6.07, 6.45) is 7.64. The molecule has 0 aromatic carbocycles. The van der Waals surface area contributed by atoms with Gasteiger partial charge in [-0.25, -0.2) is 0 Å². The first-order chi connectivity index (χ1) is 12.2. The first-order valence-electron chi connectivity index (χ1n) is 9.17. The predicted octanol–water partition coefficient (Wildman–Crippen LogP) is 0.298. The van der Waals surface area contributed by atoms with Crippen LogP contribution in [0.4, 0.5) is 0 Å². The molecular weight excluding hydrogens is 322 g/mol. The van der Waals surface area contributed by atoms with E-state index in [4.69, 9.17) is 4.74 Å². The minimum absolute atomic E-state index is 0.0349. The number of hydrogen-bond donors (Lipinski definition) is 0. The number of ether oxygens (including phenoxy) is 1. The second kappa shape index (κ2) is 6.74. The van der Waals surface area contributed by atoms with Crippen molar-refractivity contribution in [2.75, 3.05) is 32.8 Å². The van der Waals surface area contributed by atoms with Crippen LogP contribution in [0.2, 0.25) is 0 Å². The van der Waals surface area contributed by atoms with E-state index >= 15 is 0 Å². The average molecular weight is 347 g/mol. The molecule has 1 unspecified atom stereocenters. The molecule has 136 valence electrons. The lowest BCUT2D eigenvalue weighted by Crippen LogP contribution is -2.55. The first kappa shape index (κ1) is 16.5. The van der Waals surface area contributed by atoms with Crippen molar-refractivity contribution in [3.63, 3.8) is 0 Å². The summed E-state index contributed by atoms with van der Waals surface area (Å²) in [7, 11) is 0. The molecule has 1 spiro atoms. The zero-order valence-corrected chi connectivity index (χ0v) is 14.5. The highest BCUT2D eigenvalue weighted by molar-refractivity contribution is 5.86. The third-order valence-electron chi connectivity index (χ3n) is 5.89. The molecule has 4 heterocycles. The van der Waals surface area contributed by atoms with Crippen LogP contribution in [-0.2, 0) is 20.9 Å². The lowest BCUT2D eigenvalue weighted by Gasteiger charge is -2.44. The van der Waals surface area contributed by atoms with Crippen molar-refractivity contribution >= 4 is 11.8 Å². The van der Waals surface area contributed by atoms with Gasteiger partial charge in [0.15, 0.2) is 0 Å². The number of aromatic nitrogens is 3. The van der Waals surface area contributed by atoms with Crippen molar-refractivity contribution < 1.29 is 14.3 Å². The zero-order valence-electron chi connectivity index (χ0n) is 14.5. The number of hydrogen-bond acceptors (Lipinski definition) is 5. The molecule has 0 aliphatic carbocycles. The van der Waals surface area contributed by atoms with E-state index in [1.165, 1.54) is 0 Å². The normalized spacial score (nSPS) is 28.1. The Bertz CT molecular complexity index is 628. The van der Waals surface area contributed by atoms with Gasteiger partial charge in [0.05, 0.1) is 5.41 Å². The number of piperidine rings is 1. The van der Waals surface area contributed by atoms with Crippen LogP contribution < -0.4 is 0 Å². The fraction of sp³-hybridized carbons (Fsp3) is 0.765. The van der Waals surface area contributed by atoms with Gasteiger partial charge < -0.3 is 19.1 Å². The van der Waals surface area contributed by atoms with Crippen LogP contribution in [0.1, 0.15) is 32.1 Å². The van der Waals surface area contributed by atoms with Gasteiger partial charge in [-0.2, -0.15) is 0 Å². The third-order valence-corrected chi connectivity index (χ3v) is 5.89. The second-order valence-corrected chi connectivity index (χ2v) is 7.43. The molecule has 25 heavy (non-hydrogen) atoms. The molecule has 3 aliphatic rings. The Morgan fingerprint density at radius 1 is 1.20 bits per heavy atom. The summed E-state index contributed by atoms with van der Waals surface area (Å²) in [6, 6.07) is 0.306. The van der Waals surface area contributed by atoms with Gasteiger partial charge in [0.25, 0.3) is 0 Å². The topological polar surface area (TPSA) is 80.6 Å². The van der Waals surface area contributed by atoms with Crippen molar-refractivity contribution in [3.05, 3.63) is 12.7 Å². The van der Waals surface area contributed by atoms with Crippen molar-refractivity contribution in [1.82, 2.24) is 24.6 Å². The van der Waals surface area contributed by atoms with Crippen LogP contribution in [0.3, 0.4) is 0 Å². The summed E-state index contributed by atoms with van der Waals surface area (Å²) >= 11 is 0. The van der Waals surface area contributed by atoms with E-state index in [1.807, 2.05) is 4.90 Å². The number of likely N-dealkylation sites (tertiary alicyclic amines) is 2. The van der Waals surface area contributed by atoms with Crippen LogP contribution in [0, 0.1) is 5.41 Å². The molecule has 3 saturated heterocycles. The molecule has 0 bridgehead atoms. The minimum Gasteiger partial charge on any atom is -0.381 e. The van der Waals surface area contributed by atoms with Gasteiger partial charge >= 0.3 is 0 Å². The van der Waals surface area contributed by atoms with Crippen molar-refractivity contribution in [2.45, 2.75) is 44.7 Å². The maximum absolute atomic E-state index is 13.3. The van der Waals surface area contributed by atoms with E-state index in [1.54, 1.807) is 17.2 Å². The number of carbonyl (C=O) groups excluding carboxylic acids is 2. The number of nitrogens with zero attached hydrogens (tertiary/aromatic N) is 5. The van der Waals surface area contributed by atoms with Gasteiger partial charge in [-0.05, 0) is 32.1 Å². The standard InChI is InChI=1S/C17H25N5O3/c23-15(10-20-12-18-19-13-20)21-7-5-17(11-21)4-1-6-22(16(17)24)14-2-8-25-9-3-14/h12-14H,1-11H2. The van der Waals surface area contributed by atoms with E-state index in [0.717, 1.165) is 51.9 Å². The van der Waals surface area contributed by atoms with Gasteiger partial charge in [-0.3, -0.25) is 9.59 Å². The molecular formula is C17H25N5O3. The maximum atomic E-state index is 13.3. The molecule has 0 N–H and O–H groups in total. The molecule has 8 heteroatoms. The quantitative estimate of drug-likeness (QED) is 0.785. The number of carbonyl (C=O) groups is 2. The Morgan fingerprint density at radius 2 is 1.96 bits per heavy atom. The number of rotatable bonds is 3. The fourth-order valence-electron chi connectivity index (χ4n) is 4.47. The third kappa shape index (κ3) is 3.15. The van der Waals surface area contributed by atoms with Crippen LogP contribution in [0.5, 0.6) is 0 Å². The Labute approximate surface area is 147 Å². The van der Waals surface area contributed by atoms with Gasteiger partial charge in [0.1, 0.15) is 19.2 Å². The summed E-state index contributed by atoms with van der Waals surface area (Å²) in [5.74, 6) is 0.290. The summed E-state index contributed by atoms with van der Waals surface area (Å²) in [5, 5.41) is 7.46. The minimum atomic E-state index is -0.376.